The highest BCUT2D eigenvalue weighted by Crippen LogP contribution is 2.24. The van der Waals surface area contributed by atoms with Crippen LogP contribution in [0.25, 0.3) is 0 Å². The fourth-order valence-corrected chi connectivity index (χ4v) is 2.46. The van der Waals surface area contributed by atoms with Crippen LogP contribution >= 0.6 is 0 Å². The maximum Gasteiger partial charge on any atom is 0.186 e. The van der Waals surface area contributed by atoms with Gasteiger partial charge >= 0.3 is 0 Å². The molecule has 11 heteroatoms. The molecule has 2 saturated heterocycles. The Kier molecular flexibility index (Phi) is 6.27. The normalized spacial score (nSPS) is 51.7. The first kappa shape index (κ1) is 18.9. The molecule has 136 valence electrons. The molecule has 0 saturated carbocycles. The van der Waals surface area contributed by atoms with Crippen LogP contribution < -0.4 is 0 Å². The number of aliphatic hydroxyl groups excluding tert-OH is 8. The molecular weight excluding hydrogens is 320 g/mol. The third-order valence-electron chi connectivity index (χ3n) is 3.96. The molecule has 8 N–H and O–H groups in total. The first-order valence-electron chi connectivity index (χ1n) is 7.07. The Hall–Kier alpha value is -0.440. The van der Waals surface area contributed by atoms with Crippen molar-refractivity contribution in [1.82, 2.24) is 0 Å². The summed E-state index contributed by atoms with van der Waals surface area (Å²) in [5.74, 6) is 0. The van der Waals surface area contributed by atoms with Crippen LogP contribution in [-0.4, -0.2) is 115 Å². The molecule has 0 radical (unpaired) electrons. The predicted molar refractivity (Wildman–Crippen MR) is 68.6 cm³/mol. The molecule has 2 rings (SSSR count). The Balaban J connectivity index is 1.94. The van der Waals surface area contributed by atoms with Gasteiger partial charge in [-0.3, -0.25) is 0 Å². The first-order chi connectivity index (χ1) is 10.8. The van der Waals surface area contributed by atoms with Gasteiger partial charge in [-0.05, 0) is 0 Å². The molecule has 10 atom stereocenters. The minimum Gasteiger partial charge on any atom is -0.394 e. The summed E-state index contributed by atoms with van der Waals surface area (Å²) < 4.78 is 15.1. The molecule has 23 heavy (non-hydrogen) atoms. The van der Waals surface area contributed by atoms with Gasteiger partial charge in [-0.2, -0.15) is 0 Å². The predicted octanol–water partition coefficient (Wildman–Crippen LogP) is -5.40. The molecule has 0 aromatic carbocycles. The Morgan fingerprint density at radius 3 is 1.83 bits per heavy atom. The summed E-state index contributed by atoms with van der Waals surface area (Å²) in [6.07, 6.45) is -15.3. The molecule has 0 unspecified atom stereocenters. The summed E-state index contributed by atoms with van der Waals surface area (Å²) in [7, 11) is 0. The van der Waals surface area contributed by atoms with Crippen LogP contribution in [0.1, 0.15) is 0 Å². The van der Waals surface area contributed by atoms with Crippen molar-refractivity contribution in [3.63, 3.8) is 0 Å². The summed E-state index contributed by atoms with van der Waals surface area (Å²) in [5, 5.41) is 76.1. The Labute approximate surface area is 130 Å². The molecule has 0 aromatic rings. The largest absolute Gasteiger partial charge is 0.394 e. The molecule has 0 spiro atoms. The molecular formula is C12H22O11. The molecule has 0 aliphatic carbocycles. The number of rotatable bonds is 4. The van der Waals surface area contributed by atoms with Crippen molar-refractivity contribution in [1.29, 1.82) is 0 Å². The number of hydrogen-bond donors (Lipinski definition) is 8. The summed E-state index contributed by atoms with van der Waals surface area (Å²) in [5.41, 5.74) is 0. The molecule has 0 aromatic heterocycles. The lowest BCUT2D eigenvalue weighted by Gasteiger charge is -2.41. The zero-order valence-electron chi connectivity index (χ0n) is 12.0. The van der Waals surface area contributed by atoms with Crippen molar-refractivity contribution >= 4 is 0 Å². The Bertz CT molecular complexity index is 380. The fraction of sp³-hybridized carbons (Fsp3) is 1.00. The summed E-state index contributed by atoms with van der Waals surface area (Å²) in [6, 6.07) is 0. The van der Waals surface area contributed by atoms with Gasteiger partial charge in [0, 0.05) is 0 Å². The van der Waals surface area contributed by atoms with Crippen LogP contribution in [-0.2, 0) is 14.2 Å². The van der Waals surface area contributed by atoms with Crippen molar-refractivity contribution in [3.8, 4) is 0 Å². The van der Waals surface area contributed by atoms with Crippen LogP contribution in [0.15, 0.2) is 0 Å². The van der Waals surface area contributed by atoms with Gasteiger partial charge in [0.15, 0.2) is 12.6 Å². The number of ether oxygens (including phenoxy) is 3. The molecule has 0 bridgehead atoms. The van der Waals surface area contributed by atoms with Crippen LogP contribution in [0.5, 0.6) is 0 Å². The lowest BCUT2D eigenvalue weighted by atomic mass is 9.98. The van der Waals surface area contributed by atoms with E-state index in [1.807, 2.05) is 0 Å². The zero-order valence-corrected chi connectivity index (χ0v) is 12.0. The van der Waals surface area contributed by atoms with E-state index in [0.717, 1.165) is 0 Å². The average molecular weight is 342 g/mol. The molecule has 2 aliphatic rings. The van der Waals surface area contributed by atoms with Crippen molar-refractivity contribution in [3.05, 3.63) is 0 Å². The highest BCUT2D eigenvalue weighted by molar-refractivity contribution is 4.91. The minimum atomic E-state index is -1.74. The second-order valence-corrected chi connectivity index (χ2v) is 5.57. The lowest BCUT2D eigenvalue weighted by Crippen LogP contribution is -2.61. The van der Waals surface area contributed by atoms with Crippen LogP contribution in [0, 0.1) is 0 Å². The molecule has 2 aliphatic heterocycles. The standard InChI is InChI=1S/C12H22O11/c13-1-3-5(14)8(17)10(19)12(23-3)21-2-4-6(15)7(16)9(18)11(20)22-4/h3-20H,1-2H2/t3-,4-,5-,6+,7+,8+,9-,10-,11-,12-/m1/s1. The monoisotopic (exact) mass is 342 g/mol. The Morgan fingerprint density at radius 1 is 0.652 bits per heavy atom. The van der Waals surface area contributed by atoms with E-state index >= 15 is 0 Å². The van der Waals surface area contributed by atoms with Gasteiger partial charge in [0.25, 0.3) is 0 Å². The highest BCUT2D eigenvalue weighted by atomic mass is 16.7. The van der Waals surface area contributed by atoms with Gasteiger partial charge in [0.05, 0.1) is 13.2 Å². The van der Waals surface area contributed by atoms with Gasteiger partial charge in [-0.1, -0.05) is 0 Å². The van der Waals surface area contributed by atoms with E-state index in [2.05, 4.69) is 0 Å². The Morgan fingerprint density at radius 2 is 1.22 bits per heavy atom. The van der Waals surface area contributed by atoms with E-state index in [1.165, 1.54) is 0 Å². The van der Waals surface area contributed by atoms with E-state index in [9.17, 15) is 35.7 Å². The maximum absolute atomic E-state index is 9.78. The smallest absolute Gasteiger partial charge is 0.186 e. The minimum absolute atomic E-state index is 0.468. The summed E-state index contributed by atoms with van der Waals surface area (Å²) in [4.78, 5) is 0. The summed E-state index contributed by atoms with van der Waals surface area (Å²) in [6.45, 7) is -1.10. The fourth-order valence-electron chi connectivity index (χ4n) is 2.46. The van der Waals surface area contributed by atoms with E-state index in [1.54, 1.807) is 0 Å². The average Bonchev–Trinajstić information content (AvgIpc) is 2.54. The van der Waals surface area contributed by atoms with Gasteiger partial charge < -0.3 is 55.1 Å². The van der Waals surface area contributed by atoms with Crippen molar-refractivity contribution in [2.45, 2.75) is 61.4 Å². The van der Waals surface area contributed by atoms with E-state index in [-0.39, 0.29) is 0 Å². The van der Waals surface area contributed by atoms with Crippen LogP contribution in [0.3, 0.4) is 0 Å². The molecule has 0 amide bonds. The van der Waals surface area contributed by atoms with E-state index < -0.39 is 74.6 Å². The van der Waals surface area contributed by atoms with Crippen molar-refractivity contribution in [2.75, 3.05) is 13.2 Å². The maximum atomic E-state index is 9.78. The van der Waals surface area contributed by atoms with Crippen LogP contribution in [0.4, 0.5) is 0 Å². The van der Waals surface area contributed by atoms with Gasteiger partial charge in [0.1, 0.15) is 48.8 Å². The lowest BCUT2D eigenvalue weighted by molar-refractivity contribution is -0.325. The van der Waals surface area contributed by atoms with Crippen molar-refractivity contribution < 1.29 is 55.1 Å². The SMILES string of the molecule is OC[C@H]1O[C@@H](OC[C@H]2O[C@@H](O)[C@H](O)[C@@H](O)[C@H]2O)[C@H](O)[C@@H](O)[C@@H]1O. The first-order valence-corrected chi connectivity index (χ1v) is 7.07. The topological polar surface area (TPSA) is 190 Å². The quantitative estimate of drug-likeness (QED) is 0.243. The number of aliphatic hydroxyl groups is 8. The molecule has 2 fully saturated rings. The number of hydrogen-bond acceptors (Lipinski definition) is 11. The highest BCUT2D eigenvalue weighted by Gasteiger charge is 2.46. The summed E-state index contributed by atoms with van der Waals surface area (Å²) >= 11 is 0. The second kappa shape index (κ2) is 7.63. The molecule has 2 heterocycles. The third kappa shape index (κ3) is 3.81. The zero-order chi connectivity index (χ0) is 17.3. The van der Waals surface area contributed by atoms with Gasteiger partial charge in [-0.25, -0.2) is 0 Å². The van der Waals surface area contributed by atoms with Gasteiger partial charge in [0.2, 0.25) is 0 Å². The molecule has 11 nitrogen and oxygen atoms in total. The van der Waals surface area contributed by atoms with E-state index in [0.29, 0.717) is 0 Å². The van der Waals surface area contributed by atoms with Crippen molar-refractivity contribution in [2.24, 2.45) is 0 Å². The van der Waals surface area contributed by atoms with E-state index in [4.69, 9.17) is 19.3 Å². The third-order valence-corrected chi connectivity index (χ3v) is 3.96. The van der Waals surface area contributed by atoms with Gasteiger partial charge in [-0.15, -0.1) is 0 Å². The van der Waals surface area contributed by atoms with Crippen LogP contribution in [0.2, 0.25) is 0 Å². The second-order valence-electron chi connectivity index (χ2n) is 5.57.